The van der Waals surface area contributed by atoms with E-state index in [9.17, 15) is 4.79 Å². The maximum absolute atomic E-state index is 10.4. The van der Waals surface area contributed by atoms with Gasteiger partial charge in [-0.05, 0) is 20.3 Å². The molecule has 18 heavy (non-hydrogen) atoms. The summed E-state index contributed by atoms with van der Waals surface area (Å²) in [6, 6.07) is 1.13. The third-order valence-corrected chi connectivity index (χ3v) is 2.82. The van der Waals surface area contributed by atoms with Crippen molar-refractivity contribution in [3.8, 4) is 0 Å². The molecule has 0 aromatic rings. The minimum Gasteiger partial charge on any atom is -0.463 e. The SMILES string of the molecule is C=C(C)C(=O)OCC.OCC(O)C(O)CCC[SiH3]. The summed E-state index contributed by atoms with van der Waals surface area (Å²) in [7, 11) is 1.14. The van der Waals surface area contributed by atoms with Crippen LogP contribution in [0.3, 0.4) is 0 Å². The van der Waals surface area contributed by atoms with Gasteiger partial charge in [-0.2, -0.15) is 0 Å². The average Bonchev–Trinajstić information content (AvgIpc) is 2.35. The first-order chi connectivity index (χ1) is 8.40. The second-order valence-corrected chi connectivity index (χ2v) is 4.96. The van der Waals surface area contributed by atoms with Crippen LogP contribution in [0.25, 0.3) is 0 Å². The van der Waals surface area contributed by atoms with Crippen molar-refractivity contribution in [2.75, 3.05) is 13.2 Å². The van der Waals surface area contributed by atoms with Gasteiger partial charge in [-0.1, -0.05) is 19.0 Å². The zero-order valence-corrected chi connectivity index (χ0v) is 13.6. The summed E-state index contributed by atoms with van der Waals surface area (Å²) in [6.45, 7) is 6.86. The lowest BCUT2D eigenvalue weighted by atomic mass is 10.1. The monoisotopic (exact) mass is 278 g/mol. The van der Waals surface area contributed by atoms with Crippen LogP contribution in [0.2, 0.25) is 6.04 Å². The van der Waals surface area contributed by atoms with Crippen LogP contribution < -0.4 is 0 Å². The Morgan fingerprint density at radius 1 is 1.39 bits per heavy atom. The van der Waals surface area contributed by atoms with Crippen LogP contribution in [0.5, 0.6) is 0 Å². The number of rotatable bonds is 7. The molecule has 6 heteroatoms. The Hall–Kier alpha value is -0.693. The van der Waals surface area contributed by atoms with Gasteiger partial charge in [0.2, 0.25) is 0 Å². The van der Waals surface area contributed by atoms with Gasteiger partial charge in [-0.25, -0.2) is 4.79 Å². The molecule has 108 valence electrons. The second-order valence-electron chi connectivity index (χ2n) is 3.96. The van der Waals surface area contributed by atoms with E-state index in [2.05, 4.69) is 11.3 Å². The van der Waals surface area contributed by atoms with Gasteiger partial charge in [-0.3, -0.25) is 0 Å². The van der Waals surface area contributed by atoms with Crippen molar-refractivity contribution in [1.82, 2.24) is 0 Å². The Morgan fingerprint density at radius 2 is 1.94 bits per heavy atom. The van der Waals surface area contributed by atoms with Crippen LogP contribution in [0.4, 0.5) is 0 Å². The molecule has 0 saturated heterocycles. The van der Waals surface area contributed by atoms with E-state index in [1.165, 1.54) is 0 Å². The van der Waals surface area contributed by atoms with Crippen LogP contribution in [-0.2, 0) is 9.53 Å². The van der Waals surface area contributed by atoms with Gasteiger partial charge in [-0.15, -0.1) is 0 Å². The number of carbonyl (C=O) groups is 1. The molecule has 0 aromatic carbocycles. The van der Waals surface area contributed by atoms with E-state index in [1.54, 1.807) is 13.8 Å². The Morgan fingerprint density at radius 3 is 2.22 bits per heavy atom. The standard InChI is InChI=1S/C6H16O3Si.C6H10O2/c7-4-6(9)5(8)2-1-3-10;1-4-8-6(7)5(2)3/h5-9H,1-4H2,10H3;2,4H2,1,3H3. The molecule has 0 fully saturated rings. The fourth-order valence-electron chi connectivity index (χ4n) is 0.982. The number of esters is 1. The molecule has 3 N–H and O–H groups in total. The molecule has 0 aliphatic rings. The highest BCUT2D eigenvalue weighted by Crippen LogP contribution is 2.03. The topological polar surface area (TPSA) is 87.0 Å². The number of hydrogen-bond donors (Lipinski definition) is 3. The van der Waals surface area contributed by atoms with Gasteiger partial charge >= 0.3 is 5.97 Å². The molecule has 0 bridgehead atoms. The summed E-state index contributed by atoms with van der Waals surface area (Å²) in [5, 5.41) is 26.3. The lowest BCUT2D eigenvalue weighted by Crippen LogP contribution is -2.28. The largest absolute Gasteiger partial charge is 0.463 e. The third kappa shape index (κ3) is 11.8. The van der Waals surface area contributed by atoms with Gasteiger partial charge in [0.15, 0.2) is 0 Å². The van der Waals surface area contributed by atoms with Crippen molar-refractivity contribution >= 4 is 16.2 Å². The molecule has 0 saturated carbocycles. The van der Waals surface area contributed by atoms with Crippen LogP contribution in [0.1, 0.15) is 26.7 Å². The highest BCUT2D eigenvalue weighted by molar-refractivity contribution is 6.08. The molecule has 2 unspecified atom stereocenters. The number of aliphatic hydroxyl groups excluding tert-OH is 3. The summed E-state index contributed by atoms with van der Waals surface area (Å²) in [6.07, 6.45) is -0.137. The van der Waals surface area contributed by atoms with E-state index in [1.807, 2.05) is 0 Å². The molecule has 0 amide bonds. The Labute approximate surface area is 112 Å². The van der Waals surface area contributed by atoms with E-state index in [-0.39, 0.29) is 12.6 Å². The minimum absolute atomic E-state index is 0.312. The summed E-state index contributed by atoms with van der Waals surface area (Å²) < 4.78 is 4.56. The first-order valence-electron chi connectivity index (χ1n) is 6.20. The van der Waals surface area contributed by atoms with Crippen LogP contribution in [0, 0.1) is 0 Å². The summed E-state index contributed by atoms with van der Waals surface area (Å²) in [5.41, 5.74) is 0.451. The van der Waals surface area contributed by atoms with Gasteiger partial charge in [0.1, 0.15) is 6.10 Å². The van der Waals surface area contributed by atoms with E-state index >= 15 is 0 Å². The maximum Gasteiger partial charge on any atom is 0.333 e. The highest BCUT2D eigenvalue weighted by Gasteiger charge is 2.13. The van der Waals surface area contributed by atoms with Crippen molar-refractivity contribution in [3.63, 3.8) is 0 Å². The number of carbonyl (C=O) groups excluding carboxylic acids is 1. The molecule has 0 spiro atoms. The molecular weight excluding hydrogens is 252 g/mol. The van der Waals surface area contributed by atoms with E-state index in [0.717, 1.165) is 22.7 Å². The van der Waals surface area contributed by atoms with Crippen molar-refractivity contribution in [1.29, 1.82) is 0 Å². The smallest absolute Gasteiger partial charge is 0.333 e. The molecule has 0 radical (unpaired) electrons. The zero-order chi connectivity index (χ0) is 14.6. The zero-order valence-electron chi connectivity index (χ0n) is 11.6. The predicted octanol–water partition coefficient (Wildman–Crippen LogP) is -0.610. The quantitative estimate of drug-likeness (QED) is 0.328. The molecule has 2 atom stereocenters. The van der Waals surface area contributed by atoms with Crippen LogP contribution in [0.15, 0.2) is 12.2 Å². The lowest BCUT2D eigenvalue weighted by Gasteiger charge is -2.14. The normalized spacial score (nSPS) is 13.2. The fourth-order valence-corrected chi connectivity index (χ4v) is 1.39. The maximum atomic E-state index is 10.4. The van der Waals surface area contributed by atoms with Crippen molar-refractivity contribution in [3.05, 3.63) is 12.2 Å². The Balaban J connectivity index is 0. The molecule has 0 heterocycles. The fraction of sp³-hybridized carbons (Fsp3) is 0.750. The van der Waals surface area contributed by atoms with Crippen molar-refractivity contribution in [2.24, 2.45) is 0 Å². The predicted molar refractivity (Wildman–Crippen MR) is 74.5 cm³/mol. The molecule has 0 aliphatic heterocycles. The lowest BCUT2D eigenvalue weighted by molar-refractivity contribution is -0.138. The third-order valence-electron chi connectivity index (χ3n) is 2.11. The molecule has 0 rings (SSSR count). The average molecular weight is 278 g/mol. The van der Waals surface area contributed by atoms with Crippen LogP contribution in [-0.4, -0.2) is 57.0 Å². The summed E-state index contributed by atoms with van der Waals surface area (Å²) >= 11 is 0. The van der Waals surface area contributed by atoms with Gasteiger partial charge in [0.25, 0.3) is 0 Å². The van der Waals surface area contributed by atoms with Crippen LogP contribution >= 0.6 is 0 Å². The summed E-state index contributed by atoms with van der Waals surface area (Å²) in [4.78, 5) is 10.4. The molecule has 0 aromatic heterocycles. The van der Waals surface area contributed by atoms with E-state index in [0.29, 0.717) is 18.6 Å². The van der Waals surface area contributed by atoms with E-state index in [4.69, 9.17) is 15.3 Å². The number of hydrogen-bond acceptors (Lipinski definition) is 5. The Kier molecular flexibility index (Phi) is 13.9. The number of aliphatic hydroxyl groups is 3. The summed E-state index contributed by atoms with van der Waals surface area (Å²) in [5.74, 6) is -0.312. The van der Waals surface area contributed by atoms with Gasteiger partial charge in [0.05, 0.1) is 19.3 Å². The first-order valence-corrected chi connectivity index (χ1v) is 7.61. The van der Waals surface area contributed by atoms with Gasteiger partial charge in [0, 0.05) is 15.8 Å². The van der Waals surface area contributed by atoms with Crippen molar-refractivity contribution < 1.29 is 24.9 Å². The minimum atomic E-state index is -0.951. The van der Waals surface area contributed by atoms with E-state index < -0.39 is 12.2 Å². The highest BCUT2D eigenvalue weighted by atomic mass is 28.1. The second kappa shape index (κ2) is 12.8. The first kappa shape index (κ1) is 19.6. The van der Waals surface area contributed by atoms with Gasteiger partial charge < -0.3 is 20.1 Å². The Bertz CT molecular complexity index is 233. The molecular formula is C12H26O5Si. The molecule has 0 aliphatic carbocycles. The number of ether oxygens (including phenoxy) is 1. The molecule has 5 nitrogen and oxygen atoms in total. The van der Waals surface area contributed by atoms with Crippen molar-refractivity contribution in [2.45, 2.75) is 44.9 Å².